The summed E-state index contributed by atoms with van der Waals surface area (Å²) in [6.45, 7) is 6.22. The molecule has 2 heterocycles. The van der Waals surface area contributed by atoms with Crippen LogP contribution < -0.4 is 5.32 Å². The van der Waals surface area contributed by atoms with Gasteiger partial charge in [-0.25, -0.2) is 4.98 Å². The van der Waals surface area contributed by atoms with E-state index >= 15 is 0 Å². The second-order valence-electron chi connectivity index (χ2n) is 9.09. The Morgan fingerprint density at radius 3 is 2.63 bits per heavy atom. The molecule has 0 saturated carbocycles. The van der Waals surface area contributed by atoms with Crippen molar-refractivity contribution in [3.63, 3.8) is 0 Å². The van der Waals surface area contributed by atoms with Gasteiger partial charge in [0.05, 0.1) is 13.1 Å². The Labute approximate surface area is 237 Å². The third-order valence-corrected chi connectivity index (χ3v) is 7.56. The molecule has 0 bridgehead atoms. The molecule has 4 rings (SSSR count). The molecule has 4 aromatic rings. The van der Waals surface area contributed by atoms with E-state index < -0.39 is 0 Å². The summed E-state index contributed by atoms with van der Waals surface area (Å²) in [5.74, 6) is -0.198. The molecule has 198 valence electrons. The average molecular weight is 570 g/mol. The van der Waals surface area contributed by atoms with E-state index in [0.717, 1.165) is 28.2 Å². The average Bonchev–Trinajstić information content (AvgIpc) is 3.55. The van der Waals surface area contributed by atoms with Crippen molar-refractivity contribution in [2.24, 2.45) is 0 Å². The smallest absolute Gasteiger partial charge is 0.270 e. The van der Waals surface area contributed by atoms with Gasteiger partial charge < -0.3 is 14.8 Å². The van der Waals surface area contributed by atoms with Crippen molar-refractivity contribution < 1.29 is 9.59 Å². The highest BCUT2D eigenvalue weighted by Gasteiger charge is 2.18. The molecule has 0 spiro atoms. The Balaban J connectivity index is 1.36. The van der Waals surface area contributed by atoms with Crippen LogP contribution in [0.25, 0.3) is 0 Å². The van der Waals surface area contributed by atoms with Gasteiger partial charge >= 0.3 is 0 Å². The van der Waals surface area contributed by atoms with E-state index in [9.17, 15) is 9.59 Å². The predicted molar refractivity (Wildman–Crippen MR) is 154 cm³/mol. The normalized spacial score (nSPS) is 10.9. The van der Waals surface area contributed by atoms with Crippen LogP contribution in [-0.2, 0) is 19.5 Å². The molecular formula is C29H30Cl2N4O2S. The zero-order chi connectivity index (χ0) is 27.1. The van der Waals surface area contributed by atoms with Crippen LogP contribution in [0.3, 0.4) is 0 Å². The number of rotatable bonds is 11. The van der Waals surface area contributed by atoms with Crippen LogP contribution in [0.15, 0.2) is 66.2 Å². The topological polar surface area (TPSA) is 67.2 Å². The largest absolute Gasteiger partial charge is 0.350 e. The minimum atomic E-state index is -0.219. The summed E-state index contributed by atoms with van der Waals surface area (Å²) >= 11 is 13.6. The van der Waals surface area contributed by atoms with E-state index in [4.69, 9.17) is 23.2 Å². The molecule has 1 N–H and O–H groups in total. The van der Waals surface area contributed by atoms with Crippen molar-refractivity contribution in [3.05, 3.63) is 109 Å². The zero-order valence-corrected chi connectivity index (χ0v) is 23.7. The summed E-state index contributed by atoms with van der Waals surface area (Å²) in [6.07, 6.45) is 3.45. The van der Waals surface area contributed by atoms with E-state index in [2.05, 4.69) is 21.8 Å². The fraction of sp³-hybridized carbons (Fsp3) is 0.276. The van der Waals surface area contributed by atoms with Gasteiger partial charge in [0.2, 0.25) is 0 Å². The predicted octanol–water partition coefficient (Wildman–Crippen LogP) is 6.63. The molecule has 0 saturated heterocycles. The van der Waals surface area contributed by atoms with Crippen molar-refractivity contribution in [2.45, 2.75) is 39.8 Å². The zero-order valence-electron chi connectivity index (χ0n) is 21.4. The standard InChI is InChI=1S/C29H30Cl2N4O2S/c1-3-14-35(29(37)22-8-6-20(2)7-9-22)17-24-5-4-15-34(24)18-27-33-26(19-38-27)28(36)32-13-12-21-10-11-23(30)16-25(21)31/h4-11,15-16,19H,3,12-14,17-18H2,1-2H3,(H,32,36). The van der Waals surface area contributed by atoms with Crippen LogP contribution in [0.2, 0.25) is 10.0 Å². The van der Waals surface area contributed by atoms with Gasteiger partial charge in [-0.1, -0.05) is 53.9 Å². The minimum absolute atomic E-state index is 0.0210. The number of benzene rings is 2. The molecule has 2 aromatic heterocycles. The first kappa shape index (κ1) is 27.9. The second kappa shape index (κ2) is 13.1. The molecule has 38 heavy (non-hydrogen) atoms. The lowest BCUT2D eigenvalue weighted by Gasteiger charge is -2.23. The maximum Gasteiger partial charge on any atom is 0.270 e. The first-order chi connectivity index (χ1) is 18.3. The van der Waals surface area contributed by atoms with Crippen molar-refractivity contribution in [1.29, 1.82) is 0 Å². The number of halogens is 2. The van der Waals surface area contributed by atoms with Crippen molar-refractivity contribution >= 4 is 46.4 Å². The first-order valence-electron chi connectivity index (χ1n) is 12.5. The van der Waals surface area contributed by atoms with Gasteiger partial charge in [-0.05, 0) is 61.7 Å². The molecule has 0 aliphatic rings. The van der Waals surface area contributed by atoms with Gasteiger partial charge in [-0.15, -0.1) is 11.3 Å². The van der Waals surface area contributed by atoms with E-state index in [1.165, 1.54) is 11.3 Å². The highest BCUT2D eigenvalue weighted by atomic mass is 35.5. The summed E-state index contributed by atoms with van der Waals surface area (Å²) in [5.41, 5.74) is 4.15. The lowest BCUT2D eigenvalue weighted by Crippen LogP contribution is -2.32. The van der Waals surface area contributed by atoms with Crippen molar-refractivity contribution in [1.82, 2.24) is 19.8 Å². The highest BCUT2D eigenvalue weighted by molar-refractivity contribution is 7.09. The van der Waals surface area contributed by atoms with Crippen LogP contribution in [0.1, 0.15) is 56.0 Å². The molecule has 0 aliphatic heterocycles. The van der Waals surface area contributed by atoms with E-state index in [-0.39, 0.29) is 11.8 Å². The molecule has 2 aromatic carbocycles. The quantitative estimate of drug-likeness (QED) is 0.220. The summed E-state index contributed by atoms with van der Waals surface area (Å²) in [5, 5.41) is 6.67. The van der Waals surface area contributed by atoms with Crippen LogP contribution >= 0.6 is 34.5 Å². The molecule has 6 nitrogen and oxygen atoms in total. The first-order valence-corrected chi connectivity index (χ1v) is 14.1. The third kappa shape index (κ3) is 7.25. The van der Waals surface area contributed by atoms with Crippen LogP contribution in [-0.4, -0.2) is 39.4 Å². The number of nitrogens with zero attached hydrogens (tertiary/aromatic N) is 3. The number of hydrogen-bond donors (Lipinski definition) is 1. The molecule has 2 amide bonds. The maximum absolute atomic E-state index is 13.2. The lowest BCUT2D eigenvalue weighted by atomic mass is 10.1. The summed E-state index contributed by atoms with van der Waals surface area (Å²) < 4.78 is 2.08. The molecule has 0 radical (unpaired) electrons. The van der Waals surface area contributed by atoms with Gasteiger partial charge in [0.15, 0.2) is 0 Å². The van der Waals surface area contributed by atoms with Gasteiger partial charge in [0, 0.05) is 46.0 Å². The fourth-order valence-corrected chi connectivity index (χ4v) is 5.38. The molecule has 9 heteroatoms. The number of aryl methyl sites for hydroxylation is 1. The van der Waals surface area contributed by atoms with E-state index in [1.807, 2.05) is 60.5 Å². The third-order valence-electron chi connectivity index (χ3n) is 6.14. The number of carbonyl (C=O) groups excluding carboxylic acids is 2. The fourth-order valence-electron chi connectivity index (χ4n) is 4.10. The molecule has 0 aliphatic carbocycles. The van der Waals surface area contributed by atoms with E-state index in [0.29, 0.717) is 53.9 Å². The highest BCUT2D eigenvalue weighted by Crippen LogP contribution is 2.21. The number of aromatic nitrogens is 2. The van der Waals surface area contributed by atoms with E-state index in [1.54, 1.807) is 17.5 Å². The monoisotopic (exact) mass is 568 g/mol. The van der Waals surface area contributed by atoms with Gasteiger partial charge in [-0.2, -0.15) is 0 Å². The van der Waals surface area contributed by atoms with Gasteiger partial charge in [-0.3, -0.25) is 9.59 Å². The maximum atomic E-state index is 13.2. The summed E-state index contributed by atoms with van der Waals surface area (Å²) in [4.78, 5) is 32.2. The summed E-state index contributed by atoms with van der Waals surface area (Å²) in [6, 6.07) is 17.0. The van der Waals surface area contributed by atoms with Crippen LogP contribution in [0.5, 0.6) is 0 Å². The Morgan fingerprint density at radius 1 is 1.11 bits per heavy atom. The molecule has 0 atom stereocenters. The number of amides is 2. The Kier molecular flexibility index (Phi) is 9.61. The molecule has 0 unspecified atom stereocenters. The van der Waals surface area contributed by atoms with Crippen molar-refractivity contribution in [2.75, 3.05) is 13.1 Å². The Bertz CT molecular complexity index is 1400. The number of hydrogen-bond acceptors (Lipinski definition) is 4. The lowest BCUT2D eigenvalue weighted by molar-refractivity contribution is 0.0739. The number of nitrogens with one attached hydrogen (secondary N) is 1. The number of carbonyl (C=O) groups is 2. The van der Waals surface area contributed by atoms with Gasteiger partial charge in [0.25, 0.3) is 11.8 Å². The van der Waals surface area contributed by atoms with Gasteiger partial charge in [0.1, 0.15) is 10.7 Å². The Hall–Kier alpha value is -3.13. The summed E-state index contributed by atoms with van der Waals surface area (Å²) in [7, 11) is 0. The molecule has 0 fully saturated rings. The second-order valence-corrected chi connectivity index (χ2v) is 10.9. The SMILES string of the molecule is CCCN(Cc1cccn1Cc1nc(C(=O)NCCc2ccc(Cl)cc2Cl)cs1)C(=O)c1ccc(C)cc1. The van der Waals surface area contributed by atoms with Crippen molar-refractivity contribution in [3.8, 4) is 0 Å². The Morgan fingerprint density at radius 2 is 1.89 bits per heavy atom. The minimum Gasteiger partial charge on any atom is -0.350 e. The number of thiazole rings is 1. The molecular weight excluding hydrogens is 539 g/mol. The van der Waals surface area contributed by atoms with Crippen LogP contribution in [0, 0.1) is 6.92 Å². The van der Waals surface area contributed by atoms with Crippen LogP contribution in [0.4, 0.5) is 0 Å².